The number of hydrogen-bond acceptors (Lipinski definition) is 6. The first-order valence-corrected chi connectivity index (χ1v) is 8.89. The number of phenolic OH excluding ortho intramolecular Hbond substituents is 1. The Kier molecular flexibility index (Phi) is 4.30. The highest BCUT2D eigenvalue weighted by atomic mass is 16.5. The second kappa shape index (κ2) is 6.70. The summed E-state index contributed by atoms with van der Waals surface area (Å²) in [7, 11) is 1.54. The molecule has 0 aliphatic carbocycles. The molecule has 4 rings (SSSR count). The largest absolute Gasteiger partial charge is 0.504 e. The minimum Gasteiger partial charge on any atom is -0.504 e. The van der Waals surface area contributed by atoms with Gasteiger partial charge in [0, 0.05) is 22.1 Å². The van der Waals surface area contributed by atoms with Gasteiger partial charge in [0.2, 0.25) is 0 Å². The zero-order chi connectivity index (χ0) is 20.9. The van der Waals surface area contributed by atoms with Crippen LogP contribution >= 0.6 is 0 Å². The minimum atomic E-state index is -1.08. The highest BCUT2D eigenvalue weighted by molar-refractivity contribution is 6.10. The average Bonchev–Trinajstić information content (AvgIpc) is 3.07. The van der Waals surface area contributed by atoms with Crippen molar-refractivity contribution in [2.75, 3.05) is 7.11 Å². The topological polar surface area (TPSA) is 110 Å². The summed E-state index contributed by atoms with van der Waals surface area (Å²) in [5.41, 5.74) is 1.77. The molecule has 0 bridgehead atoms. The summed E-state index contributed by atoms with van der Waals surface area (Å²) in [6.45, 7) is 3.39. The number of fused-ring (bicyclic) bond motifs is 3. The van der Waals surface area contributed by atoms with E-state index in [2.05, 4.69) is 0 Å². The molecule has 0 unspecified atom stereocenters. The van der Waals surface area contributed by atoms with Gasteiger partial charge in [-0.05, 0) is 49.7 Å². The molecule has 0 aliphatic rings. The van der Waals surface area contributed by atoms with E-state index in [1.807, 2.05) is 0 Å². The molecule has 0 atom stereocenters. The number of ether oxygens (including phenoxy) is 1. The van der Waals surface area contributed by atoms with Crippen LogP contribution in [0.5, 0.6) is 11.5 Å². The molecule has 0 spiro atoms. The van der Waals surface area contributed by atoms with Gasteiger partial charge in [-0.25, -0.2) is 4.79 Å². The monoisotopic (exact) mass is 394 g/mol. The molecule has 2 heterocycles. The summed E-state index contributed by atoms with van der Waals surface area (Å²) in [5.74, 6) is -0.316. The molecule has 0 radical (unpaired) electrons. The van der Waals surface area contributed by atoms with Crippen molar-refractivity contribution in [1.82, 2.24) is 0 Å². The van der Waals surface area contributed by atoms with Gasteiger partial charge in [-0.1, -0.05) is 0 Å². The number of methoxy groups -OCH3 is 1. The van der Waals surface area contributed by atoms with Crippen molar-refractivity contribution in [2.45, 2.75) is 20.3 Å². The second-order valence-corrected chi connectivity index (χ2v) is 6.82. The van der Waals surface area contributed by atoms with E-state index in [-0.39, 0.29) is 34.5 Å². The summed E-state index contributed by atoms with van der Waals surface area (Å²) in [6, 6.07) is 8.37. The summed E-state index contributed by atoms with van der Waals surface area (Å²) in [6.07, 6.45) is -0.371. The van der Waals surface area contributed by atoms with E-state index in [1.165, 1.54) is 6.07 Å². The molecule has 7 nitrogen and oxygen atoms in total. The number of carboxylic acid groups (broad SMARTS) is 1. The van der Waals surface area contributed by atoms with Crippen molar-refractivity contribution >= 4 is 27.9 Å². The minimum absolute atomic E-state index is 0.0750. The Hall–Kier alpha value is -3.74. The van der Waals surface area contributed by atoms with Crippen LogP contribution in [0.1, 0.15) is 16.7 Å². The highest BCUT2D eigenvalue weighted by Gasteiger charge is 2.25. The van der Waals surface area contributed by atoms with E-state index in [4.69, 9.17) is 13.6 Å². The molecule has 2 N–H and O–H groups in total. The van der Waals surface area contributed by atoms with Crippen LogP contribution in [0.4, 0.5) is 0 Å². The quantitative estimate of drug-likeness (QED) is 0.500. The summed E-state index contributed by atoms with van der Waals surface area (Å²) >= 11 is 0. The molecule has 4 aromatic rings. The zero-order valence-corrected chi connectivity index (χ0v) is 16.0. The van der Waals surface area contributed by atoms with Crippen LogP contribution in [-0.4, -0.2) is 23.3 Å². The van der Waals surface area contributed by atoms with Crippen molar-refractivity contribution in [3.63, 3.8) is 0 Å². The molecular weight excluding hydrogens is 376 g/mol. The molecule has 0 saturated heterocycles. The van der Waals surface area contributed by atoms with E-state index in [9.17, 15) is 19.8 Å². The van der Waals surface area contributed by atoms with E-state index in [0.717, 1.165) is 0 Å². The standard InChI is InChI=1S/C22H18O7/c1-10-11(2)22(26)29-20-14(10)8-16(23)21-18(20)15(9-17(24)25)19(28-21)12-4-6-13(27-3)7-5-12/h4-8,23H,9H2,1-3H3,(H,24,25). The number of rotatable bonds is 4. The number of aromatic hydroxyl groups is 1. The van der Waals surface area contributed by atoms with Gasteiger partial charge in [0.25, 0.3) is 0 Å². The fourth-order valence-electron chi connectivity index (χ4n) is 3.49. The third-order valence-corrected chi connectivity index (χ3v) is 5.14. The predicted molar refractivity (Wildman–Crippen MR) is 107 cm³/mol. The molecule has 7 heteroatoms. The lowest BCUT2D eigenvalue weighted by Gasteiger charge is -2.07. The predicted octanol–water partition coefficient (Wildman–Crippen LogP) is 4.16. The van der Waals surface area contributed by atoms with E-state index in [0.29, 0.717) is 33.4 Å². The Morgan fingerprint density at radius 1 is 1.07 bits per heavy atom. The Labute approximate surface area is 164 Å². The van der Waals surface area contributed by atoms with Crippen LogP contribution in [0, 0.1) is 13.8 Å². The van der Waals surface area contributed by atoms with Gasteiger partial charge < -0.3 is 23.8 Å². The van der Waals surface area contributed by atoms with Crippen LogP contribution in [0.25, 0.3) is 33.3 Å². The molecule has 2 aromatic carbocycles. The zero-order valence-electron chi connectivity index (χ0n) is 16.0. The Balaban J connectivity index is 2.15. The number of phenols is 1. The third kappa shape index (κ3) is 2.91. The van der Waals surface area contributed by atoms with Crippen molar-refractivity contribution in [2.24, 2.45) is 0 Å². The lowest BCUT2D eigenvalue weighted by molar-refractivity contribution is -0.136. The fraction of sp³-hybridized carbons (Fsp3) is 0.182. The van der Waals surface area contributed by atoms with Crippen LogP contribution in [0.3, 0.4) is 0 Å². The summed E-state index contributed by atoms with van der Waals surface area (Å²) < 4.78 is 16.6. The first-order valence-electron chi connectivity index (χ1n) is 8.89. The van der Waals surface area contributed by atoms with Gasteiger partial charge in [0.1, 0.15) is 17.1 Å². The maximum atomic E-state index is 12.3. The summed E-state index contributed by atoms with van der Waals surface area (Å²) in [5, 5.41) is 20.9. The first-order chi connectivity index (χ1) is 13.8. The maximum Gasteiger partial charge on any atom is 0.339 e. The van der Waals surface area contributed by atoms with Crippen LogP contribution < -0.4 is 10.4 Å². The average molecular weight is 394 g/mol. The number of aliphatic carboxylic acids is 1. The van der Waals surface area contributed by atoms with Gasteiger partial charge in [-0.3, -0.25) is 4.79 Å². The second-order valence-electron chi connectivity index (χ2n) is 6.82. The number of furan rings is 1. The van der Waals surface area contributed by atoms with Gasteiger partial charge in [0.15, 0.2) is 11.3 Å². The van der Waals surface area contributed by atoms with Crippen LogP contribution in [0.2, 0.25) is 0 Å². The number of benzene rings is 2. The summed E-state index contributed by atoms with van der Waals surface area (Å²) in [4.78, 5) is 23.9. The third-order valence-electron chi connectivity index (χ3n) is 5.14. The SMILES string of the molecule is COc1ccc(-c2oc3c(O)cc4c(C)c(C)c(=O)oc4c3c2CC(=O)O)cc1. The molecule has 29 heavy (non-hydrogen) atoms. The van der Waals surface area contributed by atoms with Crippen molar-refractivity contribution in [3.8, 4) is 22.8 Å². The molecule has 2 aromatic heterocycles. The first kappa shape index (κ1) is 18.6. The molecular formula is C22H18O7. The molecule has 0 aliphatic heterocycles. The van der Waals surface area contributed by atoms with Crippen LogP contribution in [-0.2, 0) is 11.2 Å². The number of carboxylic acids is 1. The van der Waals surface area contributed by atoms with Crippen molar-refractivity contribution < 1.29 is 28.6 Å². The molecule has 0 fully saturated rings. The lowest BCUT2D eigenvalue weighted by atomic mass is 9.99. The van der Waals surface area contributed by atoms with Gasteiger partial charge >= 0.3 is 11.6 Å². The van der Waals surface area contributed by atoms with E-state index < -0.39 is 11.6 Å². The fourth-order valence-corrected chi connectivity index (χ4v) is 3.49. The van der Waals surface area contributed by atoms with Gasteiger partial charge in [0.05, 0.1) is 18.9 Å². The smallest absolute Gasteiger partial charge is 0.339 e. The number of aryl methyl sites for hydroxylation is 1. The Morgan fingerprint density at radius 3 is 2.38 bits per heavy atom. The molecule has 0 saturated carbocycles. The van der Waals surface area contributed by atoms with E-state index >= 15 is 0 Å². The van der Waals surface area contributed by atoms with Crippen molar-refractivity contribution in [1.29, 1.82) is 0 Å². The number of hydrogen-bond donors (Lipinski definition) is 2. The van der Waals surface area contributed by atoms with Gasteiger partial charge in [-0.15, -0.1) is 0 Å². The van der Waals surface area contributed by atoms with E-state index in [1.54, 1.807) is 45.2 Å². The number of carbonyl (C=O) groups is 1. The molecule has 148 valence electrons. The highest BCUT2D eigenvalue weighted by Crippen LogP contribution is 2.43. The molecule has 0 amide bonds. The van der Waals surface area contributed by atoms with Gasteiger partial charge in [-0.2, -0.15) is 0 Å². The Morgan fingerprint density at radius 2 is 1.76 bits per heavy atom. The maximum absolute atomic E-state index is 12.3. The van der Waals surface area contributed by atoms with Crippen LogP contribution in [0.15, 0.2) is 44.0 Å². The lowest BCUT2D eigenvalue weighted by Crippen LogP contribution is -2.06. The normalized spacial score (nSPS) is 11.3. The van der Waals surface area contributed by atoms with Crippen molar-refractivity contribution in [3.05, 3.63) is 57.4 Å². The Bertz CT molecular complexity index is 1320.